The van der Waals surface area contributed by atoms with Crippen LogP contribution in [0.4, 0.5) is 0 Å². The Hall–Kier alpha value is -1.69. The van der Waals surface area contributed by atoms with Gasteiger partial charge in [0.1, 0.15) is 0 Å². The molecule has 0 saturated carbocycles. The number of ether oxygens (including phenoxy) is 1. The topological polar surface area (TPSA) is 46.6 Å². The largest absolute Gasteiger partial charge is 0.376 e. The van der Waals surface area contributed by atoms with Gasteiger partial charge in [0.25, 0.3) is 0 Å². The summed E-state index contributed by atoms with van der Waals surface area (Å²) in [5.41, 5.74) is 1.17. The highest BCUT2D eigenvalue weighted by Crippen LogP contribution is 2.24. The summed E-state index contributed by atoms with van der Waals surface area (Å²) in [4.78, 5) is 0.378. The van der Waals surface area contributed by atoms with Crippen molar-refractivity contribution >= 4 is 10.0 Å². The van der Waals surface area contributed by atoms with Gasteiger partial charge in [0, 0.05) is 19.7 Å². The molecule has 1 fully saturated rings. The zero-order valence-electron chi connectivity index (χ0n) is 13.7. The monoisotopic (exact) mass is 345 g/mol. The van der Waals surface area contributed by atoms with Gasteiger partial charge in [-0.3, -0.25) is 0 Å². The zero-order valence-corrected chi connectivity index (χ0v) is 14.5. The van der Waals surface area contributed by atoms with Crippen LogP contribution >= 0.6 is 0 Å². The number of sulfonamides is 1. The third-order valence-electron chi connectivity index (χ3n) is 4.42. The van der Waals surface area contributed by atoms with Gasteiger partial charge in [0.15, 0.2) is 0 Å². The van der Waals surface area contributed by atoms with Crippen LogP contribution in [0.3, 0.4) is 0 Å². The van der Waals surface area contributed by atoms with Crippen LogP contribution in [0.2, 0.25) is 0 Å². The van der Waals surface area contributed by atoms with E-state index >= 15 is 0 Å². The Balaban J connectivity index is 1.47. The van der Waals surface area contributed by atoms with Crippen molar-refractivity contribution < 1.29 is 13.2 Å². The Morgan fingerprint density at radius 2 is 1.50 bits per heavy atom. The molecule has 0 bridgehead atoms. The Morgan fingerprint density at radius 3 is 2.12 bits per heavy atom. The molecule has 0 aliphatic carbocycles. The molecule has 0 amide bonds. The Morgan fingerprint density at radius 1 is 0.917 bits per heavy atom. The molecule has 2 aromatic carbocycles. The lowest BCUT2D eigenvalue weighted by molar-refractivity contribution is 0.0688. The Kier molecular flexibility index (Phi) is 5.66. The van der Waals surface area contributed by atoms with Crippen LogP contribution in [0.1, 0.15) is 18.4 Å². The molecular formula is C19H23NO3S. The van der Waals surface area contributed by atoms with E-state index in [4.69, 9.17) is 4.74 Å². The van der Waals surface area contributed by atoms with E-state index < -0.39 is 10.0 Å². The molecular weight excluding hydrogens is 322 g/mol. The first-order valence-corrected chi connectivity index (χ1v) is 9.77. The minimum atomic E-state index is -3.36. The first-order chi connectivity index (χ1) is 11.7. The highest BCUT2D eigenvalue weighted by atomic mass is 32.2. The normalized spacial score (nSPS) is 17.0. The molecule has 1 aliphatic rings. The number of nitrogens with zero attached hydrogens (tertiary/aromatic N) is 1. The van der Waals surface area contributed by atoms with Gasteiger partial charge in [-0.15, -0.1) is 0 Å². The molecule has 2 aromatic rings. The molecule has 4 nitrogen and oxygen atoms in total. The van der Waals surface area contributed by atoms with E-state index in [0.717, 1.165) is 12.8 Å². The fourth-order valence-corrected chi connectivity index (χ4v) is 4.47. The molecule has 5 heteroatoms. The van der Waals surface area contributed by atoms with Gasteiger partial charge >= 0.3 is 0 Å². The van der Waals surface area contributed by atoms with Crippen LogP contribution in [0.25, 0.3) is 0 Å². The number of piperidine rings is 1. The summed E-state index contributed by atoms with van der Waals surface area (Å²) >= 11 is 0. The molecule has 0 radical (unpaired) electrons. The van der Waals surface area contributed by atoms with Gasteiger partial charge in [0.2, 0.25) is 10.0 Å². The van der Waals surface area contributed by atoms with Gasteiger partial charge in [-0.25, -0.2) is 8.42 Å². The molecule has 0 unspecified atom stereocenters. The van der Waals surface area contributed by atoms with Gasteiger partial charge < -0.3 is 4.74 Å². The Bertz CT molecular complexity index is 724. The summed E-state index contributed by atoms with van der Waals surface area (Å²) in [6, 6.07) is 18.8. The van der Waals surface area contributed by atoms with Crippen LogP contribution in [0.5, 0.6) is 0 Å². The van der Waals surface area contributed by atoms with Crippen molar-refractivity contribution in [2.45, 2.75) is 24.3 Å². The van der Waals surface area contributed by atoms with Gasteiger partial charge in [-0.2, -0.15) is 4.31 Å². The summed E-state index contributed by atoms with van der Waals surface area (Å²) in [5, 5.41) is 0. The maximum Gasteiger partial charge on any atom is 0.243 e. The average Bonchev–Trinajstić information content (AvgIpc) is 2.64. The second-order valence-corrected chi connectivity index (χ2v) is 8.10. The van der Waals surface area contributed by atoms with Crippen molar-refractivity contribution in [2.75, 3.05) is 19.7 Å². The number of rotatable bonds is 6. The van der Waals surface area contributed by atoms with Gasteiger partial charge in [0.05, 0.1) is 11.5 Å². The quantitative estimate of drug-likeness (QED) is 0.807. The maximum atomic E-state index is 12.6. The van der Waals surface area contributed by atoms with Crippen LogP contribution in [-0.2, 0) is 21.4 Å². The van der Waals surface area contributed by atoms with Crippen molar-refractivity contribution in [1.82, 2.24) is 4.31 Å². The molecule has 3 rings (SSSR count). The third kappa shape index (κ3) is 4.23. The maximum absolute atomic E-state index is 12.6. The number of benzene rings is 2. The molecule has 0 atom stereocenters. The third-order valence-corrected chi connectivity index (χ3v) is 6.33. The summed E-state index contributed by atoms with van der Waals surface area (Å²) in [5.74, 6) is 0.427. The fourth-order valence-electron chi connectivity index (χ4n) is 2.98. The summed E-state index contributed by atoms with van der Waals surface area (Å²) in [6.07, 6.45) is 1.70. The lowest BCUT2D eigenvalue weighted by atomic mass is 9.99. The van der Waals surface area contributed by atoms with E-state index in [0.29, 0.717) is 37.1 Å². The van der Waals surface area contributed by atoms with Crippen molar-refractivity contribution in [2.24, 2.45) is 5.92 Å². The summed E-state index contributed by atoms with van der Waals surface area (Å²) in [6.45, 7) is 2.44. The predicted octanol–water partition coefficient (Wildman–Crippen LogP) is 3.30. The second-order valence-electron chi connectivity index (χ2n) is 6.16. The van der Waals surface area contributed by atoms with Gasteiger partial charge in [-0.05, 0) is 36.5 Å². The minimum absolute atomic E-state index is 0.378. The number of hydrogen-bond acceptors (Lipinski definition) is 3. The molecule has 1 heterocycles. The molecule has 0 N–H and O–H groups in total. The van der Waals surface area contributed by atoms with Gasteiger partial charge in [-0.1, -0.05) is 48.5 Å². The average molecular weight is 345 g/mol. The predicted molar refractivity (Wildman–Crippen MR) is 94.0 cm³/mol. The first-order valence-electron chi connectivity index (χ1n) is 8.33. The van der Waals surface area contributed by atoms with Crippen LogP contribution in [-0.4, -0.2) is 32.4 Å². The van der Waals surface area contributed by atoms with E-state index in [-0.39, 0.29) is 0 Å². The Labute approximate surface area is 144 Å². The molecule has 128 valence electrons. The van der Waals surface area contributed by atoms with Crippen molar-refractivity contribution in [3.63, 3.8) is 0 Å². The van der Waals surface area contributed by atoms with Crippen molar-refractivity contribution in [1.29, 1.82) is 0 Å². The van der Waals surface area contributed by atoms with E-state index in [9.17, 15) is 8.42 Å². The second kappa shape index (κ2) is 7.92. The smallest absolute Gasteiger partial charge is 0.243 e. The van der Waals surface area contributed by atoms with Crippen molar-refractivity contribution in [3.05, 3.63) is 66.2 Å². The van der Waals surface area contributed by atoms with E-state index in [2.05, 4.69) is 12.1 Å². The first kappa shape index (κ1) is 17.1. The summed E-state index contributed by atoms with van der Waals surface area (Å²) in [7, 11) is -3.36. The summed E-state index contributed by atoms with van der Waals surface area (Å²) < 4.78 is 32.6. The molecule has 24 heavy (non-hydrogen) atoms. The highest BCUT2D eigenvalue weighted by molar-refractivity contribution is 7.89. The molecule has 0 aromatic heterocycles. The fraction of sp³-hybridized carbons (Fsp3) is 0.368. The molecule has 1 aliphatic heterocycles. The number of hydrogen-bond donors (Lipinski definition) is 0. The van der Waals surface area contributed by atoms with E-state index in [1.54, 1.807) is 28.6 Å². The van der Waals surface area contributed by atoms with Crippen LogP contribution < -0.4 is 0 Å². The molecule has 0 spiro atoms. The van der Waals surface area contributed by atoms with E-state index in [1.807, 2.05) is 24.3 Å². The van der Waals surface area contributed by atoms with E-state index in [1.165, 1.54) is 5.56 Å². The standard InChI is InChI=1S/C19H23NO3S/c21-24(22,19-9-5-2-6-10-19)20-13-11-18(12-14-20)16-23-15-17-7-3-1-4-8-17/h1-10,18H,11-16H2. The molecule has 1 saturated heterocycles. The lowest BCUT2D eigenvalue weighted by Crippen LogP contribution is -2.39. The minimum Gasteiger partial charge on any atom is -0.376 e. The SMILES string of the molecule is O=S(=O)(c1ccccc1)N1CCC(COCc2ccccc2)CC1. The highest BCUT2D eigenvalue weighted by Gasteiger charge is 2.29. The van der Waals surface area contributed by atoms with Crippen LogP contribution in [0, 0.1) is 5.92 Å². The van der Waals surface area contributed by atoms with Crippen molar-refractivity contribution in [3.8, 4) is 0 Å². The van der Waals surface area contributed by atoms with Crippen LogP contribution in [0.15, 0.2) is 65.6 Å². The zero-order chi connectivity index (χ0) is 16.8. The lowest BCUT2D eigenvalue weighted by Gasteiger charge is -2.31.